The Hall–Kier alpha value is -1.30. The van der Waals surface area contributed by atoms with E-state index in [4.69, 9.17) is 0 Å². The molecule has 0 aromatic heterocycles. The van der Waals surface area contributed by atoms with Crippen molar-refractivity contribution in [2.24, 2.45) is 5.41 Å². The molecule has 2 aliphatic rings. The summed E-state index contributed by atoms with van der Waals surface area (Å²) in [5, 5.41) is 9.37. The standard InChI is InChI=1S/C14H25N3O3/c1-3-14(12(18)19)4-6-16(7-5-14)13(20)17-10-8-15(2)9-11-17/h3-11H2,1-2H3,(H,18,19). The number of urea groups is 1. The summed E-state index contributed by atoms with van der Waals surface area (Å²) < 4.78 is 0. The number of carboxylic acids is 1. The van der Waals surface area contributed by atoms with E-state index < -0.39 is 11.4 Å². The SMILES string of the molecule is CCC1(C(=O)O)CCN(C(=O)N2CCN(C)CC2)CC1. The molecule has 6 heteroatoms. The quantitative estimate of drug-likeness (QED) is 0.819. The van der Waals surface area contributed by atoms with Crippen LogP contribution < -0.4 is 0 Å². The fourth-order valence-electron chi connectivity index (χ4n) is 3.04. The van der Waals surface area contributed by atoms with Crippen LogP contribution in [-0.4, -0.2) is 78.1 Å². The summed E-state index contributed by atoms with van der Waals surface area (Å²) in [5.41, 5.74) is -0.626. The van der Waals surface area contributed by atoms with Gasteiger partial charge in [-0.25, -0.2) is 4.79 Å². The Morgan fingerprint density at radius 1 is 1.00 bits per heavy atom. The van der Waals surface area contributed by atoms with E-state index in [-0.39, 0.29) is 6.03 Å². The number of carboxylic acid groups (broad SMARTS) is 1. The van der Waals surface area contributed by atoms with Crippen LogP contribution in [0.3, 0.4) is 0 Å². The number of carbonyl (C=O) groups is 2. The van der Waals surface area contributed by atoms with Crippen molar-refractivity contribution < 1.29 is 14.7 Å². The summed E-state index contributed by atoms with van der Waals surface area (Å²) in [7, 11) is 2.06. The number of piperidine rings is 1. The van der Waals surface area contributed by atoms with Crippen molar-refractivity contribution in [3.05, 3.63) is 0 Å². The summed E-state index contributed by atoms with van der Waals surface area (Å²) in [5.74, 6) is -0.716. The molecule has 0 radical (unpaired) electrons. The monoisotopic (exact) mass is 283 g/mol. The second-order valence-corrected chi connectivity index (χ2v) is 6.00. The Kier molecular flexibility index (Phi) is 4.52. The second kappa shape index (κ2) is 5.99. The van der Waals surface area contributed by atoms with Crippen molar-refractivity contribution in [2.45, 2.75) is 26.2 Å². The predicted molar refractivity (Wildman–Crippen MR) is 75.6 cm³/mol. The molecule has 1 N–H and O–H groups in total. The topological polar surface area (TPSA) is 64.1 Å². The zero-order valence-electron chi connectivity index (χ0n) is 12.5. The average molecular weight is 283 g/mol. The van der Waals surface area contributed by atoms with E-state index in [1.807, 2.05) is 16.7 Å². The number of likely N-dealkylation sites (tertiary alicyclic amines) is 1. The van der Waals surface area contributed by atoms with Gasteiger partial charge in [-0.3, -0.25) is 4.79 Å². The third-order valence-electron chi connectivity index (χ3n) is 4.90. The maximum absolute atomic E-state index is 12.4. The van der Waals surface area contributed by atoms with Crippen molar-refractivity contribution >= 4 is 12.0 Å². The van der Waals surface area contributed by atoms with Crippen LogP contribution in [0.2, 0.25) is 0 Å². The van der Waals surface area contributed by atoms with Crippen LogP contribution in [0, 0.1) is 5.41 Å². The molecule has 0 saturated carbocycles. The highest BCUT2D eigenvalue weighted by atomic mass is 16.4. The summed E-state index contributed by atoms with van der Waals surface area (Å²) in [6, 6.07) is 0.0770. The van der Waals surface area contributed by atoms with E-state index in [0.717, 1.165) is 26.2 Å². The molecule has 2 fully saturated rings. The van der Waals surface area contributed by atoms with Crippen LogP contribution >= 0.6 is 0 Å². The molecule has 0 bridgehead atoms. The summed E-state index contributed by atoms with van der Waals surface area (Å²) in [6.45, 7) is 6.40. The van der Waals surface area contributed by atoms with Gasteiger partial charge in [0.25, 0.3) is 0 Å². The Bertz CT molecular complexity index is 370. The molecule has 0 atom stereocenters. The van der Waals surface area contributed by atoms with Crippen molar-refractivity contribution in [1.82, 2.24) is 14.7 Å². The van der Waals surface area contributed by atoms with Gasteiger partial charge in [0.2, 0.25) is 0 Å². The van der Waals surface area contributed by atoms with Crippen molar-refractivity contribution in [2.75, 3.05) is 46.3 Å². The number of piperazine rings is 1. The van der Waals surface area contributed by atoms with Gasteiger partial charge in [0.15, 0.2) is 0 Å². The maximum Gasteiger partial charge on any atom is 0.320 e. The number of hydrogen-bond donors (Lipinski definition) is 1. The molecule has 114 valence electrons. The number of nitrogens with zero attached hydrogens (tertiary/aromatic N) is 3. The van der Waals surface area contributed by atoms with Crippen molar-refractivity contribution in [3.8, 4) is 0 Å². The molecule has 2 heterocycles. The minimum absolute atomic E-state index is 0.0770. The van der Waals surface area contributed by atoms with E-state index in [1.165, 1.54) is 0 Å². The lowest BCUT2D eigenvalue weighted by molar-refractivity contribution is -0.152. The van der Waals surface area contributed by atoms with Gasteiger partial charge in [-0.15, -0.1) is 0 Å². The van der Waals surface area contributed by atoms with Gasteiger partial charge in [-0.1, -0.05) is 6.92 Å². The number of rotatable bonds is 2. The molecule has 6 nitrogen and oxygen atoms in total. The number of amides is 2. The molecular weight excluding hydrogens is 258 g/mol. The number of likely N-dealkylation sites (N-methyl/N-ethyl adjacent to an activating group) is 1. The summed E-state index contributed by atoms with van der Waals surface area (Å²) in [6.07, 6.45) is 1.77. The zero-order valence-corrected chi connectivity index (χ0v) is 12.5. The third-order valence-corrected chi connectivity index (χ3v) is 4.90. The Morgan fingerprint density at radius 3 is 1.95 bits per heavy atom. The first-order chi connectivity index (χ1) is 9.48. The molecule has 0 aromatic carbocycles. The number of aliphatic carboxylic acids is 1. The van der Waals surface area contributed by atoms with Crippen LogP contribution in [0.25, 0.3) is 0 Å². The van der Waals surface area contributed by atoms with Gasteiger partial charge >= 0.3 is 12.0 Å². The highest BCUT2D eigenvalue weighted by Gasteiger charge is 2.41. The highest BCUT2D eigenvalue weighted by molar-refractivity contribution is 5.77. The Balaban J connectivity index is 1.90. The Labute approximate surface area is 120 Å². The first kappa shape index (κ1) is 15.1. The normalized spacial score (nSPS) is 23.7. The molecule has 0 aromatic rings. The lowest BCUT2D eigenvalue weighted by Crippen LogP contribution is -2.55. The third kappa shape index (κ3) is 2.90. The summed E-state index contributed by atoms with van der Waals surface area (Å²) in [4.78, 5) is 29.7. The van der Waals surface area contributed by atoms with Gasteiger partial charge in [-0.2, -0.15) is 0 Å². The van der Waals surface area contributed by atoms with Crippen LogP contribution in [0.5, 0.6) is 0 Å². The molecule has 0 unspecified atom stereocenters. The van der Waals surface area contributed by atoms with Gasteiger partial charge in [-0.05, 0) is 26.3 Å². The van der Waals surface area contributed by atoms with Crippen LogP contribution in [0.4, 0.5) is 4.79 Å². The number of carbonyl (C=O) groups excluding carboxylic acids is 1. The first-order valence-corrected chi connectivity index (χ1v) is 7.44. The smallest absolute Gasteiger partial charge is 0.320 e. The largest absolute Gasteiger partial charge is 0.481 e. The van der Waals surface area contributed by atoms with Gasteiger partial charge < -0.3 is 19.8 Å². The second-order valence-electron chi connectivity index (χ2n) is 6.00. The highest BCUT2D eigenvalue weighted by Crippen LogP contribution is 2.35. The maximum atomic E-state index is 12.4. The minimum Gasteiger partial charge on any atom is -0.481 e. The molecule has 2 aliphatic heterocycles. The molecular formula is C14H25N3O3. The lowest BCUT2D eigenvalue weighted by atomic mass is 9.76. The molecule has 0 aliphatic carbocycles. The lowest BCUT2D eigenvalue weighted by Gasteiger charge is -2.41. The van der Waals surface area contributed by atoms with Crippen LogP contribution in [-0.2, 0) is 4.79 Å². The fourth-order valence-corrected chi connectivity index (χ4v) is 3.04. The first-order valence-electron chi connectivity index (χ1n) is 7.44. The zero-order chi connectivity index (χ0) is 14.8. The Morgan fingerprint density at radius 2 is 1.50 bits per heavy atom. The van der Waals surface area contributed by atoms with Gasteiger partial charge in [0.05, 0.1) is 5.41 Å². The molecule has 2 rings (SSSR count). The van der Waals surface area contributed by atoms with E-state index in [0.29, 0.717) is 32.4 Å². The number of hydrogen-bond acceptors (Lipinski definition) is 3. The van der Waals surface area contributed by atoms with E-state index >= 15 is 0 Å². The molecule has 2 saturated heterocycles. The van der Waals surface area contributed by atoms with Crippen molar-refractivity contribution in [1.29, 1.82) is 0 Å². The fraction of sp³-hybridized carbons (Fsp3) is 0.857. The van der Waals surface area contributed by atoms with E-state index in [2.05, 4.69) is 11.9 Å². The molecule has 20 heavy (non-hydrogen) atoms. The van der Waals surface area contributed by atoms with Gasteiger partial charge in [0, 0.05) is 39.3 Å². The average Bonchev–Trinajstić information content (AvgIpc) is 2.47. The van der Waals surface area contributed by atoms with Crippen LogP contribution in [0.1, 0.15) is 26.2 Å². The molecule has 2 amide bonds. The predicted octanol–water partition coefficient (Wildman–Crippen LogP) is 0.931. The van der Waals surface area contributed by atoms with E-state index in [9.17, 15) is 14.7 Å². The minimum atomic E-state index is -0.716. The molecule has 0 spiro atoms. The van der Waals surface area contributed by atoms with Crippen molar-refractivity contribution in [3.63, 3.8) is 0 Å². The summed E-state index contributed by atoms with van der Waals surface area (Å²) >= 11 is 0. The van der Waals surface area contributed by atoms with Gasteiger partial charge in [0.1, 0.15) is 0 Å². The van der Waals surface area contributed by atoms with E-state index in [1.54, 1.807) is 0 Å². The van der Waals surface area contributed by atoms with Crippen LogP contribution in [0.15, 0.2) is 0 Å².